The minimum absolute atomic E-state index is 0.0466. The van der Waals surface area contributed by atoms with Gasteiger partial charge < -0.3 is 15.2 Å². The van der Waals surface area contributed by atoms with E-state index in [1.165, 1.54) is 13.2 Å². The molecule has 2 N–H and O–H groups in total. The lowest BCUT2D eigenvalue weighted by molar-refractivity contribution is 0.0600. The number of nitrogens with zero attached hydrogens (tertiary/aromatic N) is 3. The van der Waals surface area contributed by atoms with Crippen LogP contribution < -0.4 is 10.5 Å². The van der Waals surface area contributed by atoms with E-state index in [0.717, 1.165) is 12.1 Å². The number of benzene rings is 2. The van der Waals surface area contributed by atoms with Crippen LogP contribution in [0.5, 0.6) is 5.75 Å². The molecule has 158 valence electrons. The highest BCUT2D eigenvalue weighted by Crippen LogP contribution is 2.33. The summed E-state index contributed by atoms with van der Waals surface area (Å²) in [7, 11) is 1.29. The van der Waals surface area contributed by atoms with Gasteiger partial charge in [-0.15, -0.1) is 0 Å². The molecular weight excluding hydrogens is 406 g/mol. The molecule has 31 heavy (non-hydrogen) atoms. The minimum Gasteiger partial charge on any atom is -0.482 e. The van der Waals surface area contributed by atoms with Gasteiger partial charge in [-0.05, 0) is 43.3 Å². The maximum atomic E-state index is 14.0. The van der Waals surface area contributed by atoms with Crippen LogP contribution in [0.4, 0.5) is 14.6 Å². The second kappa shape index (κ2) is 8.02. The zero-order valence-electron chi connectivity index (χ0n) is 16.7. The number of fused-ring (bicyclic) bond motifs is 1. The van der Waals surface area contributed by atoms with Crippen LogP contribution >= 0.6 is 0 Å². The number of ether oxygens (including phenoxy) is 2. The Labute approximate surface area is 176 Å². The fraction of sp³-hybridized carbons (Fsp3) is 0.136. The summed E-state index contributed by atoms with van der Waals surface area (Å²) in [4.78, 5) is 16.0. The average molecular weight is 424 g/mol. The Kier molecular flexibility index (Phi) is 5.24. The van der Waals surface area contributed by atoms with Crippen molar-refractivity contribution in [2.45, 2.75) is 13.0 Å². The lowest BCUT2D eigenvalue weighted by atomic mass is 10.0. The van der Waals surface area contributed by atoms with Gasteiger partial charge in [0.2, 0.25) is 0 Å². The molecule has 4 aromatic rings. The van der Waals surface area contributed by atoms with Crippen LogP contribution in [0.15, 0.2) is 54.9 Å². The zero-order chi connectivity index (χ0) is 22.1. The number of rotatable bonds is 5. The molecule has 0 saturated heterocycles. The van der Waals surface area contributed by atoms with E-state index in [4.69, 9.17) is 15.2 Å². The number of carbonyl (C=O) groups is 1. The summed E-state index contributed by atoms with van der Waals surface area (Å²) in [5, 5.41) is 4.45. The number of methoxy groups -OCH3 is 1. The predicted molar refractivity (Wildman–Crippen MR) is 110 cm³/mol. The molecule has 0 saturated carbocycles. The maximum absolute atomic E-state index is 14.0. The number of nitrogens with two attached hydrogens (primary N) is 1. The van der Waals surface area contributed by atoms with Gasteiger partial charge in [0, 0.05) is 29.4 Å². The standard InChI is InChI=1S/C22H18F2N4O3/c1-12(31-19-10-14-8-15(23)11-17(24)20(14)27-21(19)25)16-9-13(22(29)30-2)4-5-18(16)28-7-3-6-26-28/h3-12H,1-2H3,(H2,25,27). The lowest BCUT2D eigenvalue weighted by Gasteiger charge is -2.20. The van der Waals surface area contributed by atoms with E-state index in [0.29, 0.717) is 16.8 Å². The van der Waals surface area contributed by atoms with Crippen LogP contribution in [0.1, 0.15) is 28.9 Å². The number of hydrogen-bond acceptors (Lipinski definition) is 6. The zero-order valence-corrected chi connectivity index (χ0v) is 16.7. The third-order valence-corrected chi connectivity index (χ3v) is 4.77. The van der Waals surface area contributed by atoms with E-state index in [-0.39, 0.29) is 22.5 Å². The molecule has 1 atom stereocenters. The molecule has 0 aliphatic rings. The highest BCUT2D eigenvalue weighted by molar-refractivity contribution is 5.90. The number of halogens is 2. The number of hydrogen-bond donors (Lipinski definition) is 1. The molecular formula is C22H18F2N4O3. The third kappa shape index (κ3) is 3.89. The molecule has 2 heterocycles. The molecule has 2 aromatic heterocycles. The smallest absolute Gasteiger partial charge is 0.337 e. The second-order valence-electron chi connectivity index (χ2n) is 6.81. The first-order valence-corrected chi connectivity index (χ1v) is 9.31. The van der Waals surface area contributed by atoms with Crippen LogP contribution in [-0.2, 0) is 4.74 Å². The molecule has 1 unspecified atom stereocenters. The third-order valence-electron chi connectivity index (χ3n) is 4.77. The van der Waals surface area contributed by atoms with Crippen LogP contribution in [0.2, 0.25) is 0 Å². The van der Waals surface area contributed by atoms with Crippen molar-refractivity contribution < 1.29 is 23.0 Å². The Bertz CT molecular complexity index is 1280. The number of aromatic nitrogens is 3. The van der Waals surface area contributed by atoms with Gasteiger partial charge in [0.05, 0.1) is 18.4 Å². The molecule has 0 amide bonds. The normalized spacial score (nSPS) is 12.0. The van der Waals surface area contributed by atoms with Crippen LogP contribution in [0.3, 0.4) is 0 Å². The number of carbonyl (C=O) groups excluding carboxylic acids is 1. The van der Waals surface area contributed by atoms with Gasteiger partial charge >= 0.3 is 5.97 Å². The minimum atomic E-state index is -0.812. The van der Waals surface area contributed by atoms with Crippen molar-refractivity contribution >= 4 is 22.7 Å². The van der Waals surface area contributed by atoms with Gasteiger partial charge in [0.15, 0.2) is 17.4 Å². The molecule has 9 heteroatoms. The number of esters is 1. The SMILES string of the molecule is COC(=O)c1ccc(-n2cccn2)c(C(C)Oc2cc3cc(F)cc(F)c3nc2N)c1. The van der Waals surface area contributed by atoms with Gasteiger partial charge in [-0.2, -0.15) is 5.10 Å². The first-order chi connectivity index (χ1) is 14.9. The molecule has 0 aliphatic heterocycles. The van der Waals surface area contributed by atoms with Crippen molar-refractivity contribution in [1.82, 2.24) is 14.8 Å². The topological polar surface area (TPSA) is 92.3 Å². The molecule has 0 spiro atoms. The Balaban J connectivity index is 1.76. The molecule has 0 bridgehead atoms. The fourth-order valence-electron chi connectivity index (χ4n) is 3.30. The van der Waals surface area contributed by atoms with E-state index in [2.05, 4.69) is 10.1 Å². The van der Waals surface area contributed by atoms with Crippen LogP contribution in [-0.4, -0.2) is 27.8 Å². The largest absolute Gasteiger partial charge is 0.482 e. The van der Waals surface area contributed by atoms with Crippen LogP contribution in [0, 0.1) is 11.6 Å². The van der Waals surface area contributed by atoms with Crippen molar-refractivity contribution in [3.8, 4) is 11.4 Å². The van der Waals surface area contributed by atoms with E-state index in [9.17, 15) is 13.6 Å². The fourth-order valence-corrected chi connectivity index (χ4v) is 3.30. The van der Waals surface area contributed by atoms with Crippen molar-refractivity contribution in [2.75, 3.05) is 12.8 Å². The molecule has 7 nitrogen and oxygen atoms in total. The molecule has 0 radical (unpaired) electrons. The predicted octanol–water partition coefficient (Wildman–Crippen LogP) is 4.21. The van der Waals surface area contributed by atoms with Gasteiger partial charge in [-0.25, -0.2) is 23.2 Å². The molecule has 4 rings (SSSR count). The summed E-state index contributed by atoms with van der Waals surface area (Å²) in [6.45, 7) is 1.75. The van der Waals surface area contributed by atoms with E-state index in [1.54, 1.807) is 48.3 Å². The molecule has 0 aliphatic carbocycles. The van der Waals surface area contributed by atoms with Gasteiger partial charge in [0.25, 0.3) is 0 Å². The molecule has 2 aromatic carbocycles. The first kappa shape index (κ1) is 20.3. The number of pyridine rings is 1. The van der Waals surface area contributed by atoms with Crippen molar-refractivity contribution in [3.05, 3.63) is 77.6 Å². The van der Waals surface area contributed by atoms with Gasteiger partial charge in [-0.1, -0.05) is 0 Å². The maximum Gasteiger partial charge on any atom is 0.337 e. The monoisotopic (exact) mass is 424 g/mol. The lowest BCUT2D eigenvalue weighted by Crippen LogP contribution is -2.12. The number of nitrogen functional groups attached to an aromatic ring is 1. The van der Waals surface area contributed by atoms with Gasteiger partial charge in [-0.3, -0.25) is 0 Å². The summed E-state index contributed by atoms with van der Waals surface area (Å²) in [5.74, 6) is -1.94. The summed E-state index contributed by atoms with van der Waals surface area (Å²) in [5.41, 5.74) is 7.54. The quantitative estimate of drug-likeness (QED) is 0.483. The Morgan fingerprint density at radius 3 is 2.71 bits per heavy atom. The van der Waals surface area contributed by atoms with Gasteiger partial charge in [0.1, 0.15) is 17.4 Å². The Morgan fingerprint density at radius 1 is 1.19 bits per heavy atom. The van der Waals surface area contributed by atoms with Crippen molar-refractivity contribution in [2.24, 2.45) is 0 Å². The number of anilines is 1. The first-order valence-electron chi connectivity index (χ1n) is 9.31. The average Bonchev–Trinajstić information content (AvgIpc) is 3.28. The summed E-state index contributed by atoms with van der Waals surface area (Å²) in [6.07, 6.45) is 2.75. The summed E-state index contributed by atoms with van der Waals surface area (Å²) < 4.78 is 40.1. The highest BCUT2D eigenvalue weighted by atomic mass is 19.1. The van der Waals surface area contributed by atoms with Crippen molar-refractivity contribution in [3.63, 3.8) is 0 Å². The van der Waals surface area contributed by atoms with E-state index < -0.39 is 23.7 Å². The van der Waals surface area contributed by atoms with E-state index >= 15 is 0 Å². The Morgan fingerprint density at radius 2 is 2.00 bits per heavy atom. The molecule has 0 fully saturated rings. The second-order valence-corrected chi connectivity index (χ2v) is 6.81. The van der Waals surface area contributed by atoms with Crippen LogP contribution in [0.25, 0.3) is 16.6 Å². The summed E-state index contributed by atoms with van der Waals surface area (Å²) in [6, 6.07) is 10.1. The summed E-state index contributed by atoms with van der Waals surface area (Å²) >= 11 is 0. The van der Waals surface area contributed by atoms with E-state index in [1.807, 2.05) is 0 Å². The Hall–Kier alpha value is -4.01. The van der Waals surface area contributed by atoms with Crippen molar-refractivity contribution in [1.29, 1.82) is 0 Å². The highest BCUT2D eigenvalue weighted by Gasteiger charge is 2.20.